The van der Waals surface area contributed by atoms with Crippen molar-refractivity contribution in [1.29, 1.82) is 0 Å². The number of rotatable bonds is 9. The van der Waals surface area contributed by atoms with Crippen LogP contribution in [0.25, 0.3) is 0 Å². The highest BCUT2D eigenvalue weighted by Crippen LogP contribution is 2.20. The van der Waals surface area contributed by atoms with E-state index in [2.05, 4.69) is 22.0 Å². The molecule has 0 spiro atoms. The largest absolute Gasteiger partial charge is 0.381 e. The number of hydrogen-bond donors (Lipinski definition) is 1. The molecule has 3 saturated heterocycles. The van der Waals surface area contributed by atoms with Crippen LogP contribution in [0.3, 0.4) is 0 Å². The summed E-state index contributed by atoms with van der Waals surface area (Å²) in [6, 6.07) is 0. The van der Waals surface area contributed by atoms with Crippen LogP contribution in [0, 0.1) is 11.8 Å². The summed E-state index contributed by atoms with van der Waals surface area (Å²) in [5.74, 6) is 2.50. The molecule has 156 valence electrons. The Morgan fingerprint density at radius 3 is 2.81 bits per heavy atom. The van der Waals surface area contributed by atoms with Gasteiger partial charge in [-0.05, 0) is 58.0 Å². The predicted molar refractivity (Wildman–Crippen MR) is 110 cm³/mol. The van der Waals surface area contributed by atoms with Crippen molar-refractivity contribution >= 4 is 5.96 Å². The number of likely N-dealkylation sites (tertiary alicyclic amines) is 2. The quantitative estimate of drug-likeness (QED) is 0.378. The second-order valence-corrected chi connectivity index (χ2v) is 8.36. The van der Waals surface area contributed by atoms with Gasteiger partial charge in [-0.2, -0.15) is 0 Å². The van der Waals surface area contributed by atoms with Gasteiger partial charge in [0.15, 0.2) is 5.96 Å². The third kappa shape index (κ3) is 7.24. The maximum absolute atomic E-state index is 5.80. The molecule has 3 rings (SSSR count). The first kappa shape index (κ1) is 20.9. The molecule has 0 aliphatic carbocycles. The molecule has 0 bridgehead atoms. The summed E-state index contributed by atoms with van der Waals surface area (Å²) in [4.78, 5) is 10.0. The summed E-state index contributed by atoms with van der Waals surface area (Å²) in [7, 11) is 0. The fraction of sp³-hybridized carbons (Fsp3) is 0.952. The molecule has 0 aromatic rings. The van der Waals surface area contributed by atoms with Crippen LogP contribution < -0.4 is 5.32 Å². The van der Waals surface area contributed by atoms with Gasteiger partial charge in [-0.1, -0.05) is 6.42 Å². The molecule has 0 saturated carbocycles. The molecule has 2 atom stereocenters. The molecular formula is C21H40N4O2. The molecular weight excluding hydrogens is 340 g/mol. The van der Waals surface area contributed by atoms with Gasteiger partial charge < -0.3 is 24.6 Å². The predicted octanol–water partition coefficient (Wildman–Crippen LogP) is 2.20. The first-order chi connectivity index (χ1) is 13.3. The molecule has 0 radical (unpaired) electrons. The lowest BCUT2D eigenvalue weighted by Crippen LogP contribution is -2.41. The number of guanidine groups is 1. The Labute approximate surface area is 165 Å². The average Bonchev–Trinajstić information content (AvgIpc) is 3.36. The van der Waals surface area contributed by atoms with Crippen LogP contribution >= 0.6 is 0 Å². The summed E-state index contributed by atoms with van der Waals surface area (Å²) in [5.41, 5.74) is 0. The summed E-state index contributed by atoms with van der Waals surface area (Å²) >= 11 is 0. The first-order valence-corrected chi connectivity index (χ1v) is 11.3. The van der Waals surface area contributed by atoms with Crippen molar-refractivity contribution in [2.45, 2.75) is 45.4 Å². The third-order valence-corrected chi connectivity index (χ3v) is 5.97. The topological polar surface area (TPSA) is 49.3 Å². The van der Waals surface area contributed by atoms with Gasteiger partial charge in [0.1, 0.15) is 0 Å². The average molecular weight is 381 g/mol. The fourth-order valence-electron chi connectivity index (χ4n) is 4.42. The van der Waals surface area contributed by atoms with E-state index in [0.29, 0.717) is 5.92 Å². The van der Waals surface area contributed by atoms with Crippen molar-refractivity contribution in [3.8, 4) is 0 Å². The fourth-order valence-corrected chi connectivity index (χ4v) is 4.42. The van der Waals surface area contributed by atoms with Crippen LogP contribution in [0.2, 0.25) is 0 Å². The van der Waals surface area contributed by atoms with Crippen LogP contribution in [-0.2, 0) is 9.47 Å². The Hall–Kier alpha value is -0.850. The number of piperidine rings is 1. The van der Waals surface area contributed by atoms with E-state index in [1.54, 1.807) is 0 Å². The van der Waals surface area contributed by atoms with Crippen LogP contribution in [0.1, 0.15) is 45.4 Å². The van der Waals surface area contributed by atoms with E-state index in [4.69, 9.17) is 14.5 Å². The highest BCUT2D eigenvalue weighted by molar-refractivity contribution is 5.80. The Morgan fingerprint density at radius 1 is 1.15 bits per heavy atom. The molecule has 3 aliphatic heterocycles. The number of hydrogen-bond acceptors (Lipinski definition) is 4. The van der Waals surface area contributed by atoms with Crippen molar-refractivity contribution in [3.63, 3.8) is 0 Å². The molecule has 0 aromatic carbocycles. The molecule has 3 aliphatic rings. The van der Waals surface area contributed by atoms with E-state index in [-0.39, 0.29) is 0 Å². The Bertz CT molecular complexity index is 434. The number of ether oxygens (including phenoxy) is 2. The summed E-state index contributed by atoms with van der Waals surface area (Å²) in [5, 5.41) is 3.49. The molecule has 0 aromatic heterocycles. The molecule has 0 amide bonds. The highest BCUT2D eigenvalue weighted by Gasteiger charge is 2.26. The van der Waals surface area contributed by atoms with Crippen molar-refractivity contribution in [2.75, 3.05) is 72.2 Å². The van der Waals surface area contributed by atoms with Gasteiger partial charge in [0.25, 0.3) is 0 Å². The van der Waals surface area contributed by atoms with Gasteiger partial charge >= 0.3 is 0 Å². The standard InChI is InChI=1S/C21H40N4O2/c1-2-22-21(23-9-6-13-26-17-20-8-14-27-18-20)25-12-7-19(16-25)15-24-10-4-3-5-11-24/h19-20H,2-18H2,1H3,(H,22,23). The second-order valence-electron chi connectivity index (χ2n) is 8.36. The summed E-state index contributed by atoms with van der Waals surface area (Å²) in [6.45, 7) is 13.5. The maximum atomic E-state index is 5.80. The molecule has 6 heteroatoms. The van der Waals surface area contributed by atoms with Crippen LogP contribution in [0.15, 0.2) is 4.99 Å². The second kappa shape index (κ2) is 11.9. The Morgan fingerprint density at radius 2 is 2.04 bits per heavy atom. The van der Waals surface area contributed by atoms with Gasteiger partial charge in [-0.25, -0.2) is 0 Å². The lowest BCUT2D eigenvalue weighted by molar-refractivity contribution is 0.0893. The van der Waals surface area contributed by atoms with Crippen molar-refractivity contribution in [3.05, 3.63) is 0 Å². The van der Waals surface area contributed by atoms with E-state index in [9.17, 15) is 0 Å². The molecule has 6 nitrogen and oxygen atoms in total. The lowest BCUT2D eigenvalue weighted by Gasteiger charge is -2.29. The normalized spacial score (nSPS) is 27.4. The van der Waals surface area contributed by atoms with Gasteiger partial charge in [0.2, 0.25) is 0 Å². The van der Waals surface area contributed by atoms with E-state index in [1.807, 2.05) is 0 Å². The highest BCUT2D eigenvalue weighted by atomic mass is 16.5. The monoisotopic (exact) mass is 380 g/mol. The van der Waals surface area contributed by atoms with Crippen LogP contribution in [0.5, 0.6) is 0 Å². The first-order valence-electron chi connectivity index (χ1n) is 11.3. The summed E-state index contributed by atoms with van der Waals surface area (Å²) in [6.07, 6.45) is 7.63. The molecule has 1 N–H and O–H groups in total. The maximum Gasteiger partial charge on any atom is 0.193 e. The van der Waals surface area contributed by atoms with E-state index < -0.39 is 0 Å². The minimum atomic E-state index is 0.604. The van der Waals surface area contributed by atoms with Crippen molar-refractivity contribution < 1.29 is 9.47 Å². The number of aliphatic imine (C=N–C) groups is 1. The minimum absolute atomic E-state index is 0.604. The van der Waals surface area contributed by atoms with Gasteiger partial charge in [0, 0.05) is 51.9 Å². The molecule has 2 unspecified atom stereocenters. The van der Waals surface area contributed by atoms with Gasteiger partial charge in [0.05, 0.1) is 13.2 Å². The Balaban J connectivity index is 1.33. The van der Waals surface area contributed by atoms with Gasteiger partial charge in [-0.3, -0.25) is 4.99 Å². The Kier molecular flexibility index (Phi) is 9.18. The van der Waals surface area contributed by atoms with E-state index in [1.165, 1.54) is 45.3 Å². The smallest absolute Gasteiger partial charge is 0.193 e. The molecule has 3 fully saturated rings. The third-order valence-electron chi connectivity index (χ3n) is 5.97. The van der Waals surface area contributed by atoms with E-state index in [0.717, 1.165) is 77.3 Å². The minimum Gasteiger partial charge on any atom is -0.381 e. The number of nitrogens with one attached hydrogen (secondary N) is 1. The van der Waals surface area contributed by atoms with Gasteiger partial charge in [-0.15, -0.1) is 0 Å². The zero-order chi connectivity index (χ0) is 18.7. The number of nitrogens with zero attached hydrogens (tertiary/aromatic N) is 3. The van der Waals surface area contributed by atoms with Crippen LogP contribution in [0.4, 0.5) is 0 Å². The molecule has 27 heavy (non-hydrogen) atoms. The van der Waals surface area contributed by atoms with E-state index >= 15 is 0 Å². The van der Waals surface area contributed by atoms with Crippen LogP contribution in [-0.4, -0.2) is 88.0 Å². The van der Waals surface area contributed by atoms with Crippen molar-refractivity contribution in [2.24, 2.45) is 16.8 Å². The lowest BCUT2D eigenvalue weighted by atomic mass is 10.1. The summed E-state index contributed by atoms with van der Waals surface area (Å²) < 4.78 is 11.2. The SMILES string of the molecule is CCNC(=NCCCOCC1CCOC1)N1CCC(CN2CCCCC2)C1. The zero-order valence-corrected chi connectivity index (χ0v) is 17.3. The zero-order valence-electron chi connectivity index (χ0n) is 17.3. The van der Waals surface area contributed by atoms with Crippen molar-refractivity contribution in [1.82, 2.24) is 15.1 Å². The molecule has 3 heterocycles.